The average molecular weight is 266 g/mol. The summed E-state index contributed by atoms with van der Waals surface area (Å²) in [6, 6.07) is 2.38. The summed E-state index contributed by atoms with van der Waals surface area (Å²) in [5.41, 5.74) is 1.34. The van der Waals surface area contributed by atoms with E-state index in [1.807, 2.05) is 0 Å². The van der Waals surface area contributed by atoms with Crippen LogP contribution in [0.5, 0.6) is 0 Å². The average Bonchev–Trinajstić information content (AvgIpc) is 2.98. The number of aryl methyl sites for hydroxylation is 2. The summed E-state index contributed by atoms with van der Waals surface area (Å²) in [5.74, 6) is 0.103. The first-order chi connectivity index (χ1) is 8.74. The van der Waals surface area contributed by atoms with Gasteiger partial charge in [0.1, 0.15) is 0 Å². The van der Waals surface area contributed by atoms with E-state index in [9.17, 15) is 4.79 Å². The summed E-state index contributed by atoms with van der Waals surface area (Å²) in [7, 11) is 0. The summed E-state index contributed by atoms with van der Waals surface area (Å²) in [6.45, 7) is 6.25. The lowest BCUT2D eigenvalue weighted by molar-refractivity contribution is 0.0944. The maximum atomic E-state index is 12.2. The predicted molar refractivity (Wildman–Crippen MR) is 76.4 cm³/mol. The van der Waals surface area contributed by atoms with Gasteiger partial charge in [-0.3, -0.25) is 4.79 Å². The van der Waals surface area contributed by atoms with Crippen molar-refractivity contribution in [3.05, 3.63) is 21.4 Å². The van der Waals surface area contributed by atoms with Crippen LogP contribution < -0.4 is 10.6 Å². The SMILES string of the molecule is CCCc1sc(C(=O)NC2CCNC2)cc1CC. The molecule has 1 aliphatic rings. The number of carbonyl (C=O) groups is 1. The number of hydrogen-bond donors (Lipinski definition) is 2. The summed E-state index contributed by atoms with van der Waals surface area (Å²) >= 11 is 1.67. The van der Waals surface area contributed by atoms with Crippen molar-refractivity contribution in [3.63, 3.8) is 0 Å². The first kappa shape index (κ1) is 13.6. The monoisotopic (exact) mass is 266 g/mol. The molecule has 0 bridgehead atoms. The van der Waals surface area contributed by atoms with Gasteiger partial charge in [-0.15, -0.1) is 11.3 Å². The number of carbonyl (C=O) groups excluding carboxylic acids is 1. The largest absolute Gasteiger partial charge is 0.347 e. The molecule has 0 aromatic carbocycles. The lowest BCUT2D eigenvalue weighted by atomic mass is 10.1. The zero-order valence-corrected chi connectivity index (χ0v) is 12.0. The third-order valence-corrected chi connectivity index (χ3v) is 4.61. The van der Waals surface area contributed by atoms with Crippen molar-refractivity contribution in [1.29, 1.82) is 0 Å². The van der Waals surface area contributed by atoms with Crippen molar-refractivity contribution in [1.82, 2.24) is 10.6 Å². The van der Waals surface area contributed by atoms with E-state index in [1.165, 1.54) is 10.4 Å². The molecule has 1 aliphatic heterocycles. The molecule has 0 spiro atoms. The van der Waals surface area contributed by atoms with Gasteiger partial charge in [0.25, 0.3) is 5.91 Å². The Morgan fingerprint density at radius 2 is 2.39 bits per heavy atom. The molecule has 3 nitrogen and oxygen atoms in total. The minimum Gasteiger partial charge on any atom is -0.347 e. The van der Waals surface area contributed by atoms with Crippen LogP contribution in [0, 0.1) is 0 Å². The van der Waals surface area contributed by atoms with Crippen LogP contribution in [0.2, 0.25) is 0 Å². The fraction of sp³-hybridized carbons (Fsp3) is 0.643. The molecule has 1 fully saturated rings. The number of hydrogen-bond acceptors (Lipinski definition) is 3. The number of amides is 1. The summed E-state index contributed by atoms with van der Waals surface area (Å²) < 4.78 is 0. The van der Waals surface area contributed by atoms with E-state index in [2.05, 4.69) is 30.5 Å². The normalized spacial score (nSPS) is 19.1. The standard InChI is InChI=1S/C14H22N2OS/c1-3-5-12-10(4-2)8-13(18-12)14(17)16-11-6-7-15-9-11/h8,11,15H,3-7,9H2,1-2H3,(H,16,17). The van der Waals surface area contributed by atoms with Crippen LogP contribution >= 0.6 is 11.3 Å². The van der Waals surface area contributed by atoms with Crippen LogP contribution in [0.3, 0.4) is 0 Å². The van der Waals surface area contributed by atoms with Gasteiger partial charge < -0.3 is 10.6 Å². The topological polar surface area (TPSA) is 41.1 Å². The van der Waals surface area contributed by atoms with E-state index < -0.39 is 0 Å². The molecule has 1 aromatic rings. The van der Waals surface area contributed by atoms with Crippen LogP contribution in [0.4, 0.5) is 0 Å². The predicted octanol–water partition coefficient (Wildman–Crippen LogP) is 2.35. The molecule has 4 heteroatoms. The smallest absolute Gasteiger partial charge is 0.261 e. The number of nitrogens with one attached hydrogen (secondary N) is 2. The molecular weight excluding hydrogens is 244 g/mol. The highest BCUT2D eigenvalue weighted by molar-refractivity contribution is 7.14. The van der Waals surface area contributed by atoms with Crippen LogP contribution in [0.1, 0.15) is 46.8 Å². The molecule has 18 heavy (non-hydrogen) atoms. The Kier molecular flexibility index (Phi) is 4.78. The van der Waals surface area contributed by atoms with Gasteiger partial charge in [-0.1, -0.05) is 20.3 Å². The summed E-state index contributed by atoms with van der Waals surface area (Å²) in [5, 5.41) is 6.38. The lowest BCUT2D eigenvalue weighted by Crippen LogP contribution is -2.35. The van der Waals surface area contributed by atoms with Crippen LogP contribution in [0.15, 0.2) is 6.07 Å². The molecule has 0 saturated carbocycles. The number of thiophene rings is 1. The minimum atomic E-state index is 0.103. The molecule has 1 saturated heterocycles. The zero-order chi connectivity index (χ0) is 13.0. The Hall–Kier alpha value is -0.870. The van der Waals surface area contributed by atoms with E-state index >= 15 is 0 Å². The van der Waals surface area contributed by atoms with Gasteiger partial charge in [0.15, 0.2) is 0 Å². The quantitative estimate of drug-likeness (QED) is 0.859. The van der Waals surface area contributed by atoms with Gasteiger partial charge in [0.2, 0.25) is 0 Å². The molecular formula is C14H22N2OS. The van der Waals surface area contributed by atoms with Gasteiger partial charge >= 0.3 is 0 Å². The van der Waals surface area contributed by atoms with E-state index in [-0.39, 0.29) is 5.91 Å². The second kappa shape index (κ2) is 6.34. The Morgan fingerprint density at radius 1 is 1.56 bits per heavy atom. The molecule has 1 amide bonds. The van der Waals surface area contributed by atoms with Crippen molar-refractivity contribution in [2.75, 3.05) is 13.1 Å². The first-order valence-electron chi connectivity index (χ1n) is 6.87. The maximum Gasteiger partial charge on any atom is 0.261 e. The van der Waals surface area contributed by atoms with Gasteiger partial charge in [-0.05, 0) is 37.4 Å². The molecule has 1 aromatic heterocycles. The molecule has 2 rings (SSSR count). The molecule has 2 heterocycles. The van der Waals surface area contributed by atoms with Crippen molar-refractivity contribution in [2.45, 2.75) is 45.6 Å². The van der Waals surface area contributed by atoms with Crippen LogP contribution in [-0.4, -0.2) is 25.0 Å². The van der Waals surface area contributed by atoms with Gasteiger partial charge in [0, 0.05) is 17.5 Å². The summed E-state index contributed by atoms with van der Waals surface area (Å²) in [4.78, 5) is 14.4. The molecule has 1 unspecified atom stereocenters. The Bertz CT molecular complexity index is 408. The Morgan fingerprint density at radius 3 is 3.00 bits per heavy atom. The fourth-order valence-corrected chi connectivity index (χ4v) is 3.61. The van der Waals surface area contributed by atoms with Crippen molar-refractivity contribution in [3.8, 4) is 0 Å². The van der Waals surface area contributed by atoms with Gasteiger partial charge in [-0.2, -0.15) is 0 Å². The highest BCUT2D eigenvalue weighted by Crippen LogP contribution is 2.24. The van der Waals surface area contributed by atoms with Gasteiger partial charge in [-0.25, -0.2) is 0 Å². The summed E-state index contributed by atoms with van der Waals surface area (Å²) in [6.07, 6.45) is 4.29. The lowest BCUT2D eigenvalue weighted by Gasteiger charge is -2.09. The zero-order valence-electron chi connectivity index (χ0n) is 11.2. The molecule has 100 valence electrons. The fourth-order valence-electron chi connectivity index (χ4n) is 2.35. The highest BCUT2D eigenvalue weighted by atomic mass is 32.1. The van der Waals surface area contributed by atoms with E-state index in [1.54, 1.807) is 11.3 Å². The van der Waals surface area contributed by atoms with E-state index in [4.69, 9.17) is 0 Å². The van der Waals surface area contributed by atoms with Crippen LogP contribution in [-0.2, 0) is 12.8 Å². The van der Waals surface area contributed by atoms with Crippen molar-refractivity contribution >= 4 is 17.2 Å². The molecule has 0 aliphatic carbocycles. The first-order valence-corrected chi connectivity index (χ1v) is 7.69. The van der Waals surface area contributed by atoms with Crippen molar-refractivity contribution < 1.29 is 4.79 Å². The Labute approximate surface area is 113 Å². The highest BCUT2D eigenvalue weighted by Gasteiger charge is 2.19. The third kappa shape index (κ3) is 3.12. The minimum absolute atomic E-state index is 0.103. The molecule has 0 radical (unpaired) electrons. The van der Waals surface area contributed by atoms with E-state index in [0.717, 1.165) is 43.6 Å². The van der Waals surface area contributed by atoms with Crippen molar-refractivity contribution in [2.24, 2.45) is 0 Å². The van der Waals surface area contributed by atoms with E-state index in [0.29, 0.717) is 6.04 Å². The molecule has 2 N–H and O–H groups in total. The second-order valence-corrected chi connectivity index (χ2v) is 5.96. The molecule has 1 atom stereocenters. The second-order valence-electron chi connectivity index (χ2n) is 4.83. The van der Waals surface area contributed by atoms with Crippen LogP contribution in [0.25, 0.3) is 0 Å². The maximum absolute atomic E-state index is 12.2. The Balaban J connectivity index is 2.04. The third-order valence-electron chi connectivity index (χ3n) is 3.37. The number of rotatable bonds is 5. The van der Waals surface area contributed by atoms with Gasteiger partial charge in [0.05, 0.1) is 4.88 Å².